The van der Waals surface area contributed by atoms with Crippen molar-refractivity contribution in [3.63, 3.8) is 0 Å². The maximum Gasteiger partial charge on any atom is 0.469 e. The van der Waals surface area contributed by atoms with Crippen LogP contribution in [0.1, 0.15) is 27.5 Å². The first-order chi connectivity index (χ1) is 9.70. The molecule has 1 atom stereocenters. The van der Waals surface area contributed by atoms with Crippen molar-refractivity contribution in [3.05, 3.63) is 16.8 Å². The van der Waals surface area contributed by atoms with E-state index in [4.69, 9.17) is 0 Å². The van der Waals surface area contributed by atoms with Crippen LogP contribution >= 0.6 is 23.3 Å². The molecule has 10 nitrogen and oxygen atoms in total. The summed E-state index contributed by atoms with van der Waals surface area (Å²) in [4.78, 5) is 14.4. The average Bonchev–Trinajstić information content (AvgIpc) is 2.38. The maximum absolute atomic E-state index is 11.1. The molecule has 0 spiro atoms. The Morgan fingerprint density at radius 2 is 1.76 bits per heavy atom. The molecule has 0 bridgehead atoms. The van der Waals surface area contributed by atoms with Crippen molar-refractivity contribution >= 4 is 35.0 Å². The van der Waals surface area contributed by atoms with E-state index in [-0.39, 0.29) is 12.0 Å². The van der Waals surface area contributed by atoms with Gasteiger partial charge in [-0.25, -0.2) is 36.9 Å². The number of rotatable bonds is 6. The molecule has 0 aromatic carbocycles. The second-order valence-electron chi connectivity index (χ2n) is 3.54. The topological polar surface area (TPSA) is 162 Å². The summed E-state index contributed by atoms with van der Waals surface area (Å²) < 4.78 is 69.7. The van der Waals surface area contributed by atoms with Crippen LogP contribution in [0.15, 0.2) is 0 Å². The molecule has 0 fully saturated rings. The van der Waals surface area contributed by atoms with Gasteiger partial charge in [0.25, 0.3) is 0 Å². The van der Waals surface area contributed by atoms with Crippen LogP contribution < -0.4 is 5.44 Å². The fourth-order valence-corrected chi connectivity index (χ4v) is 3.54. The number of carbonyl (C=O) groups excluding carboxylic acids is 1. The molecule has 1 unspecified atom stereocenters. The van der Waals surface area contributed by atoms with Crippen LogP contribution in [0.25, 0.3) is 0 Å². The molecule has 0 amide bonds. The molecule has 0 aliphatic heterocycles. The first-order valence-electron chi connectivity index (χ1n) is 4.98. The van der Waals surface area contributed by atoms with Crippen LogP contribution in [0.3, 0.4) is 0 Å². The molecule has 1 rings (SSSR count). The second kappa shape index (κ2) is 6.83. The van der Waals surface area contributed by atoms with Gasteiger partial charge in [-0.3, -0.25) is 4.79 Å². The van der Waals surface area contributed by atoms with Crippen LogP contribution in [0.4, 0.5) is 0 Å². The maximum atomic E-state index is 11.1. The fraction of sp³-hybridized carbons (Fsp3) is 0.250. The Hall–Kier alpha value is -1.72. The van der Waals surface area contributed by atoms with E-state index in [0.29, 0.717) is 0 Å². The van der Waals surface area contributed by atoms with Crippen molar-refractivity contribution < 1.29 is 41.8 Å². The SMILES string of the molecule is Cc1nc(P(=O)=O)c(C(OP(=O)=O)P(=O)=O)c(C=O)c1O. The normalized spacial score (nSPS) is 11.7. The first kappa shape index (κ1) is 17.3. The Bertz CT molecular complexity index is 782. The second-order valence-corrected chi connectivity index (χ2v) is 6.17. The molecule has 13 heteroatoms. The smallest absolute Gasteiger partial charge is 0.469 e. The van der Waals surface area contributed by atoms with E-state index in [9.17, 15) is 37.3 Å². The predicted molar refractivity (Wildman–Crippen MR) is 64.4 cm³/mol. The lowest BCUT2D eigenvalue weighted by Crippen LogP contribution is -2.16. The van der Waals surface area contributed by atoms with Crippen LogP contribution in [-0.2, 0) is 31.9 Å². The Kier molecular flexibility index (Phi) is 5.63. The zero-order valence-corrected chi connectivity index (χ0v) is 12.8. The van der Waals surface area contributed by atoms with Gasteiger partial charge in [-0.2, -0.15) is 0 Å². The van der Waals surface area contributed by atoms with Crippen molar-refractivity contribution in [1.82, 2.24) is 4.98 Å². The molecular weight excluding hydrogens is 347 g/mol. The van der Waals surface area contributed by atoms with Crippen molar-refractivity contribution in [2.45, 2.75) is 12.8 Å². The van der Waals surface area contributed by atoms with Crippen LogP contribution in [0, 0.1) is 6.92 Å². The van der Waals surface area contributed by atoms with E-state index < -0.39 is 51.4 Å². The highest BCUT2D eigenvalue weighted by molar-refractivity contribution is 7.40. The van der Waals surface area contributed by atoms with E-state index in [0.717, 1.165) is 0 Å². The third-order valence-corrected chi connectivity index (χ3v) is 4.30. The highest BCUT2D eigenvalue weighted by Crippen LogP contribution is 2.41. The van der Waals surface area contributed by atoms with Gasteiger partial charge in [-0.15, -0.1) is 0 Å². The molecule has 1 aromatic heterocycles. The lowest BCUT2D eigenvalue weighted by Gasteiger charge is -2.12. The molecule has 1 aromatic rings. The van der Waals surface area contributed by atoms with Gasteiger partial charge in [0.1, 0.15) is 5.75 Å². The summed E-state index contributed by atoms with van der Waals surface area (Å²) in [5.41, 5.74) is -2.69. The van der Waals surface area contributed by atoms with Crippen LogP contribution in [0.5, 0.6) is 5.75 Å². The summed E-state index contributed by atoms with van der Waals surface area (Å²) in [5.74, 6) is -3.06. The molecule has 0 aliphatic carbocycles. The van der Waals surface area contributed by atoms with Crippen LogP contribution in [-0.4, -0.2) is 16.4 Å². The average molecular weight is 353 g/mol. The minimum Gasteiger partial charge on any atom is -0.505 e. The molecule has 0 saturated carbocycles. The van der Waals surface area contributed by atoms with Gasteiger partial charge in [0.05, 0.1) is 11.3 Å². The van der Waals surface area contributed by atoms with Crippen LogP contribution in [0.2, 0.25) is 0 Å². The largest absolute Gasteiger partial charge is 0.505 e. The number of carbonyl (C=O) groups is 1. The lowest BCUT2D eigenvalue weighted by atomic mass is 10.1. The van der Waals surface area contributed by atoms with Gasteiger partial charge >= 0.3 is 23.3 Å². The number of aryl methyl sites for hydroxylation is 1. The highest BCUT2D eigenvalue weighted by Gasteiger charge is 2.32. The molecule has 112 valence electrons. The number of hydrogen-bond acceptors (Lipinski definition) is 10. The third kappa shape index (κ3) is 3.68. The molecule has 1 heterocycles. The summed E-state index contributed by atoms with van der Waals surface area (Å²) >= 11 is 0. The van der Waals surface area contributed by atoms with Gasteiger partial charge in [0, 0.05) is 5.56 Å². The van der Waals surface area contributed by atoms with Crippen molar-refractivity contribution in [3.8, 4) is 5.75 Å². The summed E-state index contributed by atoms with van der Waals surface area (Å²) in [7, 11) is -10.8. The van der Waals surface area contributed by atoms with Crippen molar-refractivity contribution in [1.29, 1.82) is 0 Å². The molecule has 0 aliphatic rings. The standard InChI is InChI=1S/C8H6NO9P3/c1-3-6(11)4(2-10)5(7(9-3)19(12)13)8(20(14)15)18-21(16)17/h2,8,11H,1H3. The molecule has 21 heavy (non-hydrogen) atoms. The Morgan fingerprint density at radius 1 is 1.19 bits per heavy atom. The molecule has 1 N–H and O–H groups in total. The first-order valence-corrected chi connectivity index (χ1v) is 8.50. The number of hydrogen-bond donors (Lipinski definition) is 1. The molecular formula is C8H6NO9P3. The number of pyridine rings is 1. The van der Waals surface area contributed by atoms with Crippen molar-refractivity contribution in [2.24, 2.45) is 0 Å². The van der Waals surface area contributed by atoms with Gasteiger partial charge in [0.2, 0.25) is 5.85 Å². The Morgan fingerprint density at radius 3 is 2.14 bits per heavy atom. The predicted octanol–water partition coefficient (Wildman–Crippen LogP) is 1.98. The zero-order valence-electron chi connectivity index (χ0n) is 10.2. The summed E-state index contributed by atoms with van der Waals surface area (Å²) in [6, 6.07) is 0. The fourth-order valence-electron chi connectivity index (χ4n) is 1.49. The summed E-state index contributed by atoms with van der Waals surface area (Å²) in [6.07, 6.45) is -0.0191. The molecule has 0 saturated heterocycles. The minimum atomic E-state index is -3.67. The van der Waals surface area contributed by atoms with Gasteiger partial charge < -0.3 is 5.11 Å². The van der Waals surface area contributed by atoms with Gasteiger partial charge in [0.15, 0.2) is 11.7 Å². The number of aromatic hydroxyl groups is 1. The monoisotopic (exact) mass is 353 g/mol. The van der Waals surface area contributed by atoms with E-state index in [1.54, 1.807) is 0 Å². The number of aldehydes is 1. The highest BCUT2D eigenvalue weighted by atomic mass is 31.1. The Labute approximate surface area is 118 Å². The van der Waals surface area contributed by atoms with E-state index in [1.165, 1.54) is 6.92 Å². The Balaban J connectivity index is 3.87. The molecule has 0 radical (unpaired) electrons. The summed E-state index contributed by atoms with van der Waals surface area (Å²) in [5, 5.41) is 9.66. The van der Waals surface area contributed by atoms with E-state index >= 15 is 0 Å². The third-order valence-electron chi connectivity index (χ3n) is 2.32. The minimum absolute atomic E-state index is 0.0191. The quantitative estimate of drug-likeness (QED) is 0.591. The number of nitrogens with zero attached hydrogens (tertiary/aromatic N) is 1. The van der Waals surface area contributed by atoms with Gasteiger partial charge in [-0.1, -0.05) is 0 Å². The van der Waals surface area contributed by atoms with E-state index in [1.807, 2.05) is 0 Å². The lowest BCUT2D eigenvalue weighted by molar-refractivity contribution is 0.111. The summed E-state index contributed by atoms with van der Waals surface area (Å²) in [6.45, 7) is 1.18. The van der Waals surface area contributed by atoms with Gasteiger partial charge in [-0.05, 0) is 6.92 Å². The zero-order chi connectivity index (χ0) is 16.3. The van der Waals surface area contributed by atoms with E-state index in [2.05, 4.69) is 9.51 Å². The van der Waals surface area contributed by atoms with Crippen molar-refractivity contribution in [2.75, 3.05) is 0 Å². The number of aromatic nitrogens is 1.